The maximum Gasteiger partial charge on any atom is 0.192 e. The molecule has 0 fully saturated rings. The van der Waals surface area contributed by atoms with Gasteiger partial charge in [-0.15, -0.1) is 0 Å². The number of benzene rings is 1. The second kappa shape index (κ2) is 3.96. The lowest BCUT2D eigenvalue weighted by molar-refractivity contribution is 0.561. The van der Waals surface area contributed by atoms with E-state index in [2.05, 4.69) is 15.2 Å². The molecule has 2 aromatic heterocycles. The van der Waals surface area contributed by atoms with Gasteiger partial charge in [0.2, 0.25) is 0 Å². The van der Waals surface area contributed by atoms with Crippen LogP contribution in [0.15, 0.2) is 22.6 Å². The number of nitrogens with two attached hydrogens (primary N) is 1. The largest absolute Gasteiger partial charge is 0.441 e. The fraction of sp³-hybridized carbons (Fsp3) is 0.231. The van der Waals surface area contributed by atoms with Crippen molar-refractivity contribution in [1.82, 2.24) is 15.2 Å². The predicted octanol–water partition coefficient (Wildman–Crippen LogP) is 2.29. The van der Waals surface area contributed by atoms with Gasteiger partial charge in [0, 0.05) is 19.0 Å². The first-order chi connectivity index (χ1) is 8.69. The molecule has 92 valence electrons. The van der Waals surface area contributed by atoms with E-state index in [4.69, 9.17) is 10.2 Å². The summed E-state index contributed by atoms with van der Waals surface area (Å²) in [7, 11) is 0. The molecule has 0 unspecified atom stereocenters. The molecule has 0 atom stereocenters. The van der Waals surface area contributed by atoms with Gasteiger partial charge in [0.05, 0.1) is 11.4 Å². The van der Waals surface area contributed by atoms with Gasteiger partial charge in [-0.2, -0.15) is 5.10 Å². The van der Waals surface area contributed by atoms with Gasteiger partial charge in [-0.3, -0.25) is 5.10 Å². The van der Waals surface area contributed by atoms with E-state index in [1.54, 1.807) is 0 Å². The Morgan fingerprint density at radius 1 is 1.33 bits per heavy atom. The Morgan fingerprint density at radius 2 is 2.17 bits per heavy atom. The Morgan fingerprint density at radius 3 is 2.89 bits per heavy atom. The molecule has 0 spiro atoms. The van der Waals surface area contributed by atoms with Crippen LogP contribution < -0.4 is 5.73 Å². The van der Waals surface area contributed by atoms with Gasteiger partial charge < -0.3 is 10.2 Å². The minimum absolute atomic E-state index is 0.462. The van der Waals surface area contributed by atoms with Crippen molar-refractivity contribution in [3.63, 3.8) is 0 Å². The van der Waals surface area contributed by atoms with Crippen LogP contribution in [0, 0.1) is 13.8 Å². The van der Waals surface area contributed by atoms with Gasteiger partial charge in [-0.1, -0.05) is 0 Å². The highest BCUT2D eigenvalue weighted by Crippen LogP contribution is 2.26. The van der Waals surface area contributed by atoms with Crippen molar-refractivity contribution in [2.24, 2.45) is 5.73 Å². The van der Waals surface area contributed by atoms with Gasteiger partial charge in [0.15, 0.2) is 11.5 Å². The fourth-order valence-corrected chi connectivity index (χ4v) is 2.10. The highest BCUT2D eigenvalue weighted by Gasteiger charge is 2.11. The van der Waals surface area contributed by atoms with E-state index in [-0.39, 0.29) is 0 Å². The average Bonchev–Trinajstić information content (AvgIpc) is 2.89. The topological polar surface area (TPSA) is 80.7 Å². The molecular weight excluding hydrogens is 228 g/mol. The quantitative estimate of drug-likeness (QED) is 0.722. The number of rotatable bonds is 2. The Bertz CT molecular complexity index is 711. The summed E-state index contributed by atoms with van der Waals surface area (Å²) in [5.74, 6) is 0.670. The molecule has 3 aromatic rings. The second-order valence-electron chi connectivity index (χ2n) is 4.30. The molecule has 0 saturated heterocycles. The Hall–Kier alpha value is -2.14. The Kier molecular flexibility index (Phi) is 2.41. The van der Waals surface area contributed by atoms with E-state index in [0.717, 1.165) is 33.6 Å². The third-order valence-electron chi connectivity index (χ3n) is 3.08. The standard InChI is InChI=1S/C13H14N4O/c1-7-11(6-14)16-17-13(7)9-3-4-12-10(5-9)15-8(2)18-12/h3-5H,6,14H2,1-2H3,(H,16,17). The van der Waals surface area contributed by atoms with Crippen LogP contribution in [0.25, 0.3) is 22.4 Å². The molecule has 2 heterocycles. The van der Waals surface area contributed by atoms with E-state index >= 15 is 0 Å². The van der Waals surface area contributed by atoms with Crippen LogP contribution in [0.4, 0.5) is 0 Å². The number of aryl methyl sites for hydroxylation is 1. The Balaban J connectivity index is 2.15. The number of nitrogens with one attached hydrogen (secondary N) is 1. The summed E-state index contributed by atoms with van der Waals surface area (Å²) >= 11 is 0. The lowest BCUT2D eigenvalue weighted by atomic mass is 10.1. The molecule has 18 heavy (non-hydrogen) atoms. The van der Waals surface area contributed by atoms with E-state index in [0.29, 0.717) is 12.4 Å². The number of oxazole rings is 1. The van der Waals surface area contributed by atoms with Gasteiger partial charge in [-0.25, -0.2) is 4.98 Å². The molecule has 5 nitrogen and oxygen atoms in total. The van der Waals surface area contributed by atoms with Crippen LogP contribution >= 0.6 is 0 Å². The van der Waals surface area contributed by atoms with Gasteiger partial charge in [0.25, 0.3) is 0 Å². The molecule has 0 aliphatic carbocycles. The smallest absolute Gasteiger partial charge is 0.192 e. The first-order valence-electron chi connectivity index (χ1n) is 5.80. The molecule has 5 heteroatoms. The van der Waals surface area contributed by atoms with Crippen molar-refractivity contribution in [2.75, 3.05) is 0 Å². The highest BCUT2D eigenvalue weighted by atomic mass is 16.3. The van der Waals surface area contributed by atoms with Gasteiger partial charge in [0.1, 0.15) is 5.52 Å². The number of nitrogens with zero attached hydrogens (tertiary/aromatic N) is 2. The van der Waals surface area contributed by atoms with Crippen molar-refractivity contribution in [2.45, 2.75) is 20.4 Å². The number of aromatic nitrogens is 3. The molecule has 0 bridgehead atoms. The number of H-pyrrole nitrogens is 1. The number of fused-ring (bicyclic) bond motifs is 1. The molecule has 0 amide bonds. The summed E-state index contributed by atoms with van der Waals surface area (Å²) in [6.07, 6.45) is 0. The lowest BCUT2D eigenvalue weighted by Crippen LogP contribution is -1.98. The van der Waals surface area contributed by atoms with Crippen LogP contribution in [-0.2, 0) is 6.54 Å². The summed E-state index contributed by atoms with van der Waals surface area (Å²) < 4.78 is 5.46. The molecule has 3 rings (SSSR count). The maximum absolute atomic E-state index is 5.64. The third kappa shape index (κ3) is 1.60. The Labute approximate surface area is 104 Å². The van der Waals surface area contributed by atoms with E-state index in [1.807, 2.05) is 32.0 Å². The zero-order valence-electron chi connectivity index (χ0n) is 10.3. The molecule has 0 aliphatic rings. The van der Waals surface area contributed by atoms with E-state index in [1.165, 1.54) is 0 Å². The zero-order valence-corrected chi connectivity index (χ0v) is 10.3. The molecule has 0 saturated carbocycles. The minimum atomic E-state index is 0.462. The van der Waals surface area contributed by atoms with Crippen molar-refractivity contribution < 1.29 is 4.42 Å². The first kappa shape index (κ1) is 11.0. The summed E-state index contributed by atoms with van der Waals surface area (Å²) in [5.41, 5.74) is 11.3. The molecule has 3 N–H and O–H groups in total. The van der Waals surface area contributed by atoms with Crippen LogP contribution in [0.3, 0.4) is 0 Å². The summed E-state index contributed by atoms with van der Waals surface area (Å²) in [5, 5.41) is 7.26. The molecule has 1 aromatic carbocycles. The molecular formula is C13H14N4O. The van der Waals surface area contributed by atoms with Crippen molar-refractivity contribution in [3.05, 3.63) is 35.3 Å². The number of hydrogen-bond donors (Lipinski definition) is 2. The second-order valence-corrected chi connectivity index (χ2v) is 4.30. The van der Waals surface area contributed by atoms with E-state index < -0.39 is 0 Å². The van der Waals surface area contributed by atoms with E-state index in [9.17, 15) is 0 Å². The SMILES string of the molecule is Cc1nc2cc(-c3n[nH]c(CN)c3C)ccc2o1. The van der Waals surface area contributed by atoms with Crippen molar-refractivity contribution in [1.29, 1.82) is 0 Å². The summed E-state index contributed by atoms with van der Waals surface area (Å²) in [6.45, 7) is 4.31. The lowest BCUT2D eigenvalue weighted by Gasteiger charge is -1.98. The summed E-state index contributed by atoms with van der Waals surface area (Å²) in [6, 6.07) is 5.88. The zero-order chi connectivity index (χ0) is 12.7. The number of aromatic amines is 1. The van der Waals surface area contributed by atoms with Crippen LogP contribution in [0.5, 0.6) is 0 Å². The maximum atomic E-state index is 5.64. The first-order valence-corrected chi connectivity index (χ1v) is 5.80. The third-order valence-corrected chi connectivity index (χ3v) is 3.08. The monoisotopic (exact) mass is 242 g/mol. The average molecular weight is 242 g/mol. The molecule has 0 aliphatic heterocycles. The molecule has 0 radical (unpaired) electrons. The van der Waals surface area contributed by atoms with Gasteiger partial charge in [-0.05, 0) is 30.7 Å². The van der Waals surface area contributed by atoms with Crippen LogP contribution in [-0.4, -0.2) is 15.2 Å². The van der Waals surface area contributed by atoms with Crippen molar-refractivity contribution >= 4 is 11.1 Å². The summed E-state index contributed by atoms with van der Waals surface area (Å²) in [4.78, 5) is 4.33. The highest BCUT2D eigenvalue weighted by molar-refractivity contribution is 5.80. The van der Waals surface area contributed by atoms with Crippen LogP contribution in [0.2, 0.25) is 0 Å². The number of hydrogen-bond acceptors (Lipinski definition) is 4. The minimum Gasteiger partial charge on any atom is -0.441 e. The fourth-order valence-electron chi connectivity index (χ4n) is 2.10. The normalized spacial score (nSPS) is 11.3. The van der Waals surface area contributed by atoms with Crippen molar-refractivity contribution in [3.8, 4) is 11.3 Å². The predicted molar refractivity (Wildman–Crippen MR) is 69.0 cm³/mol. The van der Waals surface area contributed by atoms with Gasteiger partial charge >= 0.3 is 0 Å². The van der Waals surface area contributed by atoms with Crippen LogP contribution in [0.1, 0.15) is 17.1 Å².